The van der Waals surface area contributed by atoms with Crippen molar-refractivity contribution in [3.8, 4) is 5.69 Å². The number of piperazine rings is 1. The zero-order valence-corrected chi connectivity index (χ0v) is 18.8. The summed E-state index contributed by atoms with van der Waals surface area (Å²) < 4.78 is 20.5. The van der Waals surface area contributed by atoms with Gasteiger partial charge in [0, 0.05) is 43.6 Å². The normalized spacial score (nSPS) is 15.7. The molecule has 34 heavy (non-hydrogen) atoms. The molecule has 1 saturated heterocycles. The topological polar surface area (TPSA) is 80.6 Å². The lowest BCUT2D eigenvalue weighted by atomic mass is 9.95. The molecule has 0 unspecified atom stereocenters. The maximum atomic E-state index is 13.4. The van der Waals surface area contributed by atoms with Gasteiger partial charge in [0.2, 0.25) is 0 Å². The number of hydrogen-bond donors (Lipinski definition) is 0. The first kappa shape index (κ1) is 22.1. The van der Waals surface area contributed by atoms with Crippen molar-refractivity contribution in [2.75, 3.05) is 37.7 Å². The molecule has 1 aromatic carbocycles. The van der Waals surface area contributed by atoms with Gasteiger partial charge >= 0.3 is 5.97 Å². The molecule has 1 aliphatic carbocycles. The molecular weight excluding hydrogens is 437 g/mol. The highest BCUT2D eigenvalue weighted by Gasteiger charge is 2.28. The van der Waals surface area contributed by atoms with Crippen molar-refractivity contribution in [1.82, 2.24) is 19.7 Å². The van der Waals surface area contributed by atoms with E-state index < -0.39 is 5.97 Å². The summed E-state index contributed by atoms with van der Waals surface area (Å²) in [6, 6.07) is 11.8. The average Bonchev–Trinajstić information content (AvgIpc) is 3.28. The van der Waals surface area contributed by atoms with Crippen molar-refractivity contribution in [2.24, 2.45) is 0 Å². The lowest BCUT2D eigenvalue weighted by molar-refractivity contribution is -0.134. The molecule has 0 radical (unpaired) electrons. The van der Waals surface area contributed by atoms with Gasteiger partial charge < -0.3 is 14.5 Å². The monoisotopic (exact) mass is 463 g/mol. The first-order valence-electron chi connectivity index (χ1n) is 11.6. The van der Waals surface area contributed by atoms with Crippen LogP contribution in [-0.2, 0) is 22.4 Å². The van der Waals surface area contributed by atoms with E-state index in [1.807, 2.05) is 18.2 Å². The van der Waals surface area contributed by atoms with E-state index in [-0.39, 0.29) is 24.0 Å². The maximum Gasteiger partial charge on any atom is 0.359 e. The van der Waals surface area contributed by atoms with Crippen molar-refractivity contribution < 1.29 is 18.7 Å². The van der Waals surface area contributed by atoms with Gasteiger partial charge in [0.1, 0.15) is 11.6 Å². The Morgan fingerprint density at radius 1 is 0.971 bits per heavy atom. The summed E-state index contributed by atoms with van der Waals surface area (Å²) in [5.74, 6) is -0.258. The van der Waals surface area contributed by atoms with Gasteiger partial charge in [-0.25, -0.2) is 18.9 Å². The van der Waals surface area contributed by atoms with Gasteiger partial charge in [0.05, 0.1) is 5.69 Å². The van der Waals surface area contributed by atoms with Crippen LogP contribution in [0, 0.1) is 5.82 Å². The van der Waals surface area contributed by atoms with Crippen LogP contribution < -0.4 is 4.90 Å². The molecule has 0 saturated carbocycles. The smallest absolute Gasteiger partial charge is 0.359 e. The van der Waals surface area contributed by atoms with E-state index in [1.54, 1.807) is 27.9 Å². The van der Waals surface area contributed by atoms with Crippen LogP contribution in [0.5, 0.6) is 0 Å². The minimum Gasteiger partial charge on any atom is -0.451 e. The summed E-state index contributed by atoms with van der Waals surface area (Å²) in [5, 5.41) is 4.51. The average molecular weight is 464 g/mol. The van der Waals surface area contributed by atoms with Gasteiger partial charge in [-0.15, -0.1) is 0 Å². The largest absolute Gasteiger partial charge is 0.451 e. The van der Waals surface area contributed by atoms with Crippen LogP contribution in [-0.4, -0.2) is 64.3 Å². The third-order valence-electron chi connectivity index (χ3n) is 6.38. The van der Waals surface area contributed by atoms with Gasteiger partial charge in [-0.2, -0.15) is 5.10 Å². The minimum absolute atomic E-state index is 0.221. The van der Waals surface area contributed by atoms with E-state index in [4.69, 9.17) is 4.74 Å². The summed E-state index contributed by atoms with van der Waals surface area (Å²) in [6.07, 6.45) is 5.22. The molecule has 0 atom stereocenters. The number of rotatable bonds is 5. The highest BCUT2D eigenvalue weighted by Crippen LogP contribution is 2.27. The Hall–Kier alpha value is -3.75. The van der Waals surface area contributed by atoms with Gasteiger partial charge in [-0.05, 0) is 62.1 Å². The van der Waals surface area contributed by atoms with Gasteiger partial charge in [0.25, 0.3) is 5.91 Å². The van der Waals surface area contributed by atoms with Crippen molar-refractivity contribution in [3.05, 3.63) is 71.4 Å². The van der Waals surface area contributed by atoms with Gasteiger partial charge in [-0.1, -0.05) is 6.07 Å². The summed E-state index contributed by atoms with van der Waals surface area (Å²) in [6.45, 7) is 2.11. The fourth-order valence-corrected chi connectivity index (χ4v) is 4.57. The molecule has 0 N–H and O–H groups in total. The molecule has 0 spiro atoms. The number of pyridine rings is 1. The lowest BCUT2D eigenvalue weighted by Gasteiger charge is -2.35. The van der Waals surface area contributed by atoms with Gasteiger partial charge in [-0.3, -0.25) is 4.79 Å². The van der Waals surface area contributed by atoms with Crippen molar-refractivity contribution >= 4 is 17.7 Å². The second kappa shape index (κ2) is 9.62. The SMILES string of the molecule is O=C(OCC(=O)N1CCN(c2ccccn2)CC1)c1nn(-c2ccc(F)cc2)c2c1CCCC2. The van der Waals surface area contributed by atoms with Crippen LogP contribution in [0.2, 0.25) is 0 Å². The quantitative estimate of drug-likeness (QED) is 0.542. The number of anilines is 1. The highest BCUT2D eigenvalue weighted by molar-refractivity contribution is 5.91. The molecule has 2 aliphatic rings. The number of esters is 1. The fraction of sp³-hybridized carbons (Fsp3) is 0.360. The molecule has 0 bridgehead atoms. The molecule has 176 valence electrons. The van der Waals surface area contributed by atoms with E-state index >= 15 is 0 Å². The number of carbonyl (C=O) groups excluding carboxylic acids is 2. The summed E-state index contributed by atoms with van der Waals surface area (Å²) >= 11 is 0. The Labute approximate surface area is 196 Å². The van der Waals surface area contributed by atoms with Crippen molar-refractivity contribution in [3.63, 3.8) is 0 Å². The number of carbonyl (C=O) groups is 2. The van der Waals surface area contributed by atoms with Crippen LogP contribution in [0.25, 0.3) is 5.69 Å². The Morgan fingerprint density at radius 3 is 2.47 bits per heavy atom. The van der Waals surface area contributed by atoms with Crippen LogP contribution in [0.1, 0.15) is 34.6 Å². The van der Waals surface area contributed by atoms with Crippen LogP contribution in [0.3, 0.4) is 0 Å². The molecular formula is C25H26FN5O3. The molecule has 8 nitrogen and oxygen atoms in total. The number of aromatic nitrogens is 3. The second-order valence-corrected chi connectivity index (χ2v) is 8.50. The minimum atomic E-state index is -0.598. The zero-order chi connectivity index (χ0) is 23.5. The van der Waals surface area contributed by atoms with E-state index in [2.05, 4.69) is 15.0 Å². The second-order valence-electron chi connectivity index (χ2n) is 8.50. The van der Waals surface area contributed by atoms with E-state index in [1.165, 1.54) is 12.1 Å². The number of halogens is 1. The Bertz CT molecular complexity index is 1170. The molecule has 1 fully saturated rings. The van der Waals surface area contributed by atoms with Crippen LogP contribution >= 0.6 is 0 Å². The molecule has 9 heteroatoms. The Morgan fingerprint density at radius 2 is 1.74 bits per heavy atom. The van der Waals surface area contributed by atoms with Crippen molar-refractivity contribution in [1.29, 1.82) is 0 Å². The third-order valence-corrected chi connectivity index (χ3v) is 6.38. The molecule has 1 aliphatic heterocycles. The number of hydrogen-bond acceptors (Lipinski definition) is 6. The number of fused-ring (bicyclic) bond motifs is 1. The fourth-order valence-electron chi connectivity index (χ4n) is 4.57. The van der Waals surface area contributed by atoms with E-state index in [0.717, 1.165) is 42.8 Å². The number of ether oxygens (including phenoxy) is 1. The summed E-state index contributed by atoms with van der Waals surface area (Å²) in [5.41, 5.74) is 2.74. The van der Waals surface area contributed by atoms with E-state index in [0.29, 0.717) is 31.9 Å². The number of amides is 1. The predicted molar refractivity (Wildman–Crippen MR) is 123 cm³/mol. The van der Waals surface area contributed by atoms with Crippen LogP contribution in [0.15, 0.2) is 48.7 Å². The Balaban J connectivity index is 1.23. The number of benzene rings is 1. The van der Waals surface area contributed by atoms with Crippen molar-refractivity contribution in [2.45, 2.75) is 25.7 Å². The zero-order valence-electron chi connectivity index (χ0n) is 18.8. The Kier molecular flexibility index (Phi) is 6.24. The van der Waals surface area contributed by atoms with Crippen LogP contribution in [0.4, 0.5) is 10.2 Å². The molecule has 3 heterocycles. The van der Waals surface area contributed by atoms with E-state index in [9.17, 15) is 14.0 Å². The third kappa shape index (κ3) is 4.50. The predicted octanol–water partition coefficient (Wildman–Crippen LogP) is 2.79. The maximum absolute atomic E-state index is 13.4. The number of nitrogens with zero attached hydrogens (tertiary/aromatic N) is 5. The molecule has 2 aromatic heterocycles. The molecule has 5 rings (SSSR count). The lowest BCUT2D eigenvalue weighted by Crippen LogP contribution is -2.50. The molecule has 1 amide bonds. The highest BCUT2D eigenvalue weighted by atomic mass is 19.1. The summed E-state index contributed by atoms with van der Waals surface area (Å²) in [7, 11) is 0. The standard InChI is InChI=1S/C25H26FN5O3/c26-18-8-10-19(11-9-18)31-21-6-2-1-5-20(21)24(28-31)25(33)34-17-23(32)30-15-13-29(14-16-30)22-7-3-4-12-27-22/h3-4,7-12H,1-2,5-6,13-17H2. The van der Waals surface area contributed by atoms with Gasteiger partial charge in [0.15, 0.2) is 12.3 Å². The molecule has 3 aromatic rings. The first-order valence-corrected chi connectivity index (χ1v) is 11.6. The summed E-state index contributed by atoms with van der Waals surface area (Å²) in [4.78, 5) is 33.8. The first-order chi connectivity index (χ1) is 16.6.